The number of benzene rings is 1. The van der Waals surface area contributed by atoms with E-state index in [9.17, 15) is 4.79 Å². The Morgan fingerprint density at radius 1 is 1.36 bits per heavy atom. The Morgan fingerprint density at radius 3 is 2.77 bits per heavy atom. The van der Waals surface area contributed by atoms with E-state index >= 15 is 0 Å². The first-order chi connectivity index (χ1) is 10.2. The highest BCUT2D eigenvalue weighted by Crippen LogP contribution is 2.07. The molecule has 1 aromatic carbocycles. The molecular weight excluding hydrogens is 300 g/mol. The lowest BCUT2D eigenvalue weighted by Crippen LogP contribution is -2.41. The predicted molar refractivity (Wildman–Crippen MR) is 90.4 cm³/mol. The van der Waals surface area contributed by atoms with Gasteiger partial charge in [-0.2, -0.15) is 5.10 Å². The van der Waals surface area contributed by atoms with Crippen LogP contribution in [0, 0.1) is 0 Å². The SMILES string of the molecule is CCCC(N)C(=O)NCCc1cnn(-c2ccccc2)c1.Cl. The molecule has 0 saturated heterocycles. The minimum absolute atomic E-state index is 0. The van der Waals surface area contributed by atoms with Crippen molar-refractivity contribution >= 4 is 18.3 Å². The van der Waals surface area contributed by atoms with Crippen molar-refractivity contribution in [3.05, 3.63) is 48.3 Å². The third-order valence-corrected chi connectivity index (χ3v) is 3.31. The molecule has 1 aromatic heterocycles. The van der Waals surface area contributed by atoms with Crippen LogP contribution in [0.1, 0.15) is 25.3 Å². The zero-order valence-electron chi connectivity index (χ0n) is 12.7. The van der Waals surface area contributed by atoms with Gasteiger partial charge in [-0.25, -0.2) is 4.68 Å². The number of rotatable bonds is 7. The Kier molecular flexibility index (Phi) is 7.63. The number of halogens is 1. The van der Waals surface area contributed by atoms with Gasteiger partial charge in [0.2, 0.25) is 5.91 Å². The van der Waals surface area contributed by atoms with Gasteiger partial charge in [0, 0.05) is 12.7 Å². The fraction of sp³-hybridized carbons (Fsp3) is 0.375. The van der Waals surface area contributed by atoms with Crippen molar-refractivity contribution in [1.82, 2.24) is 15.1 Å². The van der Waals surface area contributed by atoms with Crippen LogP contribution in [-0.2, 0) is 11.2 Å². The Balaban J connectivity index is 0.00000242. The Hall–Kier alpha value is -1.85. The fourth-order valence-electron chi connectivity index (χ4n) is 2.11. The molecule has 22 heavy (non-hydrogen) atoms. The van der Waals surface area contributed by atoms with Crippen LogP contribution in [0.4, 0.5) is 0 Å². The standard InChI is InChI=1S/C16H22N4O.ClH/c1-2-6-15(17)16(21)18-10-9-13-11-19-20(12-13)14-7-4-3-5-8-14;/h3-5,7-8,11-12,15H,2,6,9-10,17H2,1H3,(H,18,21);1H. The Labute approximate surface area is 137 Å². The van der Waals surface area contributed by atoms with Gasteiger partial charge in [0.05, 0.1) is 17.9 Å². The third kappa shape index (κ3) is 5.16. The van der Waals surface area contributed by atoms with Crippen molar-refractivity contribution in [2.24, 2.45) is 5.73 Å². The molecule has 5 nitrogen and oxygen atoms in total. The van der Waals surface area contributed by atoms with E-state index in [4.69, 9.17) is 5.73 Å². The summed E-state index contributed by atoms with van der Waals surface area (Å²) in [7, 11) is 0. The largest absolute Gasteiger partial charge is 0.354 e. The summed E-state index contributed by atoms with van der Waals surface area (Å²) in [6.45, 7) is 2.60. The average Bonchev–Trinajstić information content (AvgIpc) is 2.97. The number of carbonyl (C=O) groups is 1. The van der Waals surface area contributed by atoms with Gasteiger partial charge in [-0.1, -0.05) is 31.5 Å². The molecule has 0 aliphatic heterocycles. The van der Waals surface area contributed by atoms with Crippen LogP contribution in [0.25, 0.3) is 5.69 Å². The number of hydrogen-bond acceptors (Lipinski definition) is 3. The smallest absolute Gasteiger partial charge is 0.236 e. The van der Waals surface area contributed by atoms with Crippen LogP contribution < -0.4 is 11.1 Å². The molecule has 0 fully saturated rings. The fourth-order valence-corrected chi connectivity index (χ4v) is 2.11. The van der Waals surface area contributed by atoms with Crippen molar-refractivity contribution < 1.29 is 4.79 Å². The minimum Gasteiger partial charge on any atom is -0.354 e. The van der Waals surface area contributed by atoms with E-state index in [1.54, 1.807) is 0 Å². The minimum atomic E-state index is -0.401. The summed E-state index contributed by atoms with van der Waals surface area (Å²) in [5, 5.41) is 7.19. The van der Waals surface area contributed by atoms with E-state index < -0.39 is 6.04 Å². The van der Waals surface area contributed by atoms with Crippen LogP contribution in [-0.4, -0.2) is 28.3 Å². The molecule has 1 heterocycles. The molecule has 1 unspecified atom stereocenters. The van der Waals surface area contributed by atoms with E-state index in [-0.39, 0.29) is 18.3 Å². The van der Waals surface area contributed by atoms with E-state index in [0.717, 1.165) is 30.5 Å². The van der Waals surface area contributed by atoms with E-state index in [0.29, 0.717) is 6.54 Å². The maximum Gasteiger partial charge on any atom is 0.236 e. The predicted octanol–water partition coefficient (Wildman–Crippen LogP) is 2.08. The van der Waals surface area contributed by atoms with Crippen LogP contribution in [0.5, 0.6) is 0 Å². The second kappa shape index (κ2) is 9.23. The number of para-hydroxylation sites is 1. The summed E-state index contributed by atoms with van der Waals surface area (Å²) < 4.78 is 1.83. The number of amides is 1. The molecule has 1 atom stereocenters. The molecule has 1 amide bonds. The highest BCUT2D eigenvalue weighted by Gasteiger charge is 2.11. The van der Waals surface area contributed by atoms with Crippen LogP contribution in [0.2, 0.25) is 0 Å². The lowest BCUT2D eigenvalue weighted by atomic mass is 10.1. The number of aromatic nitrogens is 2. The molecule has 120 valence electrons. The number of nitrogens with one attached hydrogen (secondary N) is 1. The van der Waals surface area contributed by atoms with Gasteiger partial charge in [0.1, 0.15) is 0 Å². The zero-order chi connectivity index (χ0) is 15.1. The lowest BCUT2D eigenvalue weighted by molar-refractivity contribution is -0.122. The molecule has 0 aliphatic carbocycles. The van der Waals surface area contributed by atoms with Crippen LogP contribution in [0.3, 0.4) is 0 Å². The summed E-state index contributed by atoms with van der Waals surface area (Å²) in [5.74, 6) is -0.0766. The van der Waals surface area contributed by atoms with Gasteiger partial charge in [-0.05, 0) is 30.5 Å². The van der Waals surface area contributed by atoms with E-state index in [1.807, 2.05) is 54.3 Å². The van der Waals surface area contributed by atoms with Gasteiger partial charge in [0.25, 0.3) is 0 Å². The molecule has 6 heteroatoms. The molecule has 3 N–H and O–H groups in total. The van der Waals surface area contributed by atoms with Gasteiger partial charge in [0.15, 0.2) is 0 Å². The van der Waals surface area contributed by atoms with Gasteiger partial charge in [-0.15, -0.1) is 12.4 Å². The normalized spacial score (nSPS) is 11.5. The Bertz CT molecular complexity index is 571. The second-order valence-corrected chi connectivity index (χ2v) is 5.06. The van der Waals surface area contributed by atoms with Crippen molar-refractivity contribution in [1.29, 1.82) is 0 Å². The maximum absolute atomic E-state index is 11.7. The molecular formula is C16H23ClN4O. The third-order valence-electron chi connectivity index (χ3n) is 3.31. The number of carbonyl (C=O) groups excluding carboxylic acids is 1. The van der Waals surface area contributed by atoms with Crippen molar-refractivity contribution in [3.8, 4) is 5.69 Å². The van der Waals surface area contributed by atoms with Crippen LogP contribution in [0.15, 0.2) is 42.7 Å². The number of hydrogen-bond donors (Lipinski definition) is 2. The van der Waals surface area contributed by atoms with E-state index in [1.165, 1.54) is 0 Å². The Morgan fingerprint density at radius 2 is 2.09 bits per heavy atom. The highest BCUT2D eigenvalue weighted by molar-refractivity contribution is 5.85. The second-order valence-electron chi connectivity index (χ2n) is 5.06. The molecule has 0 saturated carbocycles. The molecule has 2 aromatic rings. The summed E-state index contributed by atoms with van der Waals surface area (Å²) in [5.41, 5.74) is 7.87. The van der Waals surface area contributed by atoms with Crippen molar-refractivity contribution in [2.45, 2.75) is 32.2 Å². The highest BCUT2D eigenvalue weighted by atomic mass is 35.5. The quantitative estimate of drug-likeness (QED) is 0.819. The van der Waals surface area contributed by atoms with Gasteiger partial charge in [-0.3, -0.25) is 4.79 Å². The van der Waals surface area contributed by atoms with Gasteiger partial charge >= 0.3 is 0 Å². The van der Waals surface area contributed by atoms with Crippen molar-refractivity contribution in [3.63, 3.8) is 0 Å². The molecule has 2 rings (SSSR count). The van der Waals surface area contributed by atoms with Gasteiger partial charge < -0.3 is 11.1 Å². The first kappa shape index (κ1) is 18.2. The summed E-state index contributed by atoms with van der Waals surface area (Å²) in [6.07, 6.45) is 6.19. The lowest BCUT2D eigenvalue weighted by Gasteiger charge is -2.10. The summed E-state index contributed by atoms with van der Waals surface area (Å²) >= 11 is 0. The number of nitrogens with zero attached hydrogens (tertiary/aromatic N) is 2. The van der Waals surface area contributed by atoms with Crippen LogP contribution >= 0.6 is 12.4 Å². The first-order valence-electron chi connectivity index (χ1n) is 7.33. The molecule has 0 bridgehead atoms. The maximum atomic E-state index is 11.7. The summed E-state index contributed by atoms with van der Waals surface area (Å²) in [4.78, 5) is 11.7. The average molecular weight is 323 g/mol. The first-order valence-corrected chi connectivity index (χ1v) is 7.33. The van der Waals surface area contributed by atoms with E-state index in [2.05, 4.69) is 10.4 Å². The molecule has 0 aliphatic rings. The topological polar surface area (TPSA) is 72.9 Å². The molecule has 0 spiro atoms. The summed E-state index contributed by atoms with van der Waals surface area (Å²) in [6, 6.07) is 9.54. The van der Waals surface area contributed by atoms with Crippen molar-refractivity contribution in [2.75, 3.05) is 6.54 Å². The zero-order valence-corrected chi connectivity index (χ0v) is 13.6. The molecule has 0 radical (unpaired) electrons. The number of nitrogens with two attached hydrogens (primary N) is 1. The monoisotopic (exact) mass is 322 g/mol.